The molecule has 1 heterocycles. The van der Waals surface area contributed by atoms with E-state index in [0.29, 0.717) is 23.9 Å². The molecule has 0 aromatic heterocycles. The van der Waals surface area contributed by atoms with Crippen LogP contribution in [0.25, 0.3) is 0 Å². The topological polar surface area (TPSA) is 75.7 Å². The molecule has 6 nitrogen and oxygen atoms in total. The maximum atomic E-state index is 12.1. The molecule has 1 aliphatic heterocycles. The zero-order valence-corrected chi connectivity index (χ0v) is 13.2. The Balaban J connectivity index is 2.24. The van der Waals surface area contributed by atoms with Crippen molar-refractivity contribution >= 4 is 21.6 Å². The summed E-state index contributed by atoms with van der Waals surface area (Å²) in [4.78, 5) is 12.1. The van der Waals surface area contributed by atoms with Crippen LogP contribution in [0, 0.1) is 5.92 Å². The molecule has 0 radical (unpaired) electrons. The fourth-order valence-corrected chi connectivity index (χ4v) is 2.99. The van der Waals surface area contributed by atoms with Crippen LogP contribution >= 0.6 is 0 Å². The molecule has 0 aliphatic carbocycles. The van der Waals surface area contributed by atoms with Crippen LogP contribution in [0.3, 0.4) is 0 Å². The first-order chi connectivity index (χ1) is 9.79. The van der Waals surface area contributed by atoms with Crippen molar-refractivity contribution in [3.05, 3.63) is 24.3 Å². The smallest absolute Gasteiger partial charge is 0.263 e. The monoisotopic (exact) mass is 312 g/mol. The maximum Gasteiger partial charge on any atom is 0.263 e. The molecule has 2 rings (SSSR count). The Kier molecular flexibility index (Phi) is 4.41. The standard InChI is InChI=1S/C14H20N2O4S/c1-10(2)8-15-14(17)13-9-16(21(3,18)19)11-6-4-5-7-12(11)20-13/h4-7,10,13H,8-9H2,1-3H3,(H,15,17). The molecule has 21 heavy (non-hydrogen) atoms. The fourth-order valence-electron chi connectivity index (χ4n) is 2.07. The summed E-state index contributed by atoms with van der Waals surface area (Å²) in [6.45, 7) is 4.49. The van der Waals surface area contributed by atoms with E-state index in [2.05, 4.69) is 5.32 Å². The van der Waals surface area contributed by atoms with Gasteiger partial charge in [-0.1, -0.05) is 26.0 Å². The third-order valence-electron chi connectivity index (χ3n) is 3.11. The van der Waals surface area contributed by atoms with E-state index in [1.165, 1.54) is 4.31 Å². The summed E-state index contributed by atoms with van der Waals surface area (Å²) in [5.41, 5.74) is 0.466. The van der Waals surface area contributed by atoms with Crippen LogP contribution in [0.1, 0.15) is 13.8 Å². The van der Waals surface area contributed by atoms with Crippen LogP contribution in [-0.2, 0) is 14.8 Å². The van der Waals surface area contributed by atoms with Crippen molar-refractivity contribution in [2.45, 2.75) is 20.0 Å². The highest BCUT2D eigenvalue weighted by atomic mass is 32.2. The number of nitrogens with one attached hydrogen (secondary N) is 1. The lowest BCUT2D eigenvalue weighted by Crippen LogP contribution is -2.50. The predicted octanol–water partition coefficient (Wildman–Crippen LogP) is 0.986. The minimum absolute atomic E-state index is 0.0141. The summed E-state index contributed by atoms with van der Waals surface area (Å²) in [6.07, 6.45) is 0.284. The van der Waals surface area contributed by atoms with Crippen LogP contribution < -0.4 is 14.4 Å². The van der Waals surface area contributed by atoms with Crippen LogP contribution in [0.5, 0.6) is 5.75 Å². The van der Waals surface area contributed by atoms with Gasteiger partial charge < -0.3 is 10.1 Å². The molecule has 0 bridgehead atoms. The number of benzene rings is 1. The second-order valence-electron chi connectivity index (χ2n) is 5.51. The number of sulfonamides is 1. The van der Waals surface area contributed by atoms with Crippen molar-refractivity contribution in [3.8, 4) is 5.75 Å². The van der Waals surface area contributed by atoms with Gasteiger partial charge >= 0.3 is 0 Å². The van der Waals surface area contributed by atoms with E-state index in [1.807, 2.05) is 13.8 Å². The lowest BCUT2D eigenvalue weighted by atomic mass is 10.2. The van der Waals surface area contributed by atoms with Crippen molar-refractivity contribution in [2.75, 3.05) is 23.7 Å². The summed E-state index contributed by atoms with van der Waals surface area (Å²) < 4.78 is 30.7. The van der Waals surface area contributed by atoms with E-state index in [4.69, 9.17) is 4.74 Å². The molecule has 1 aromatic carbocycles. The van der Waals surface area contributed by atoms with E-state index >= 15 is 0 Å². The normalized spacial score (nSPS) is 18.1. The third-order valence-corrected chi connectivity index (χ3v) is 4.26. The number of rotatable bonds is 4. The molecular weight excluding hydrogens is 292 g/mol. The fraction of sp³-hybridized carbons (Fsp3) is 0.500. The summed E-state index contributed by atoms with van der Waals surface area (Å²) in [5, 5.41) is 2.77. The molecule has 0 fully saturated rings. The van der Waals surface area contributed by atoms with Gasteiger partial charge in [0, 0.05) is 6.54 Å². The summed E-state index contributed by atoms with van der Waals surface area (Å²) >= 11 is 0. The summed E-state index contributed by atoms with van der Waals surface area (Å²) in [5.74, 6) is 0.418. The number of fused-ring (bicyclic) bond motifs is 1. The number of anilines is 1. The van der Waals surface area contributed by atoms with Gasteiger partial charge in [-0.3, -0.25) is 9.10 Å². The zero-order chi connectivity index (χ0) is 15.6. The minimum atomic E-state index is -3.46. The molecule has 0 spiro atoms. The first kappa shape index (κ1) is 15.6. The van der Waals surface area contributed by atoms with Gasteiger partial charge in [0.05, 0.1) is 18.5 Å². The molecule has 116 valence electrons. The highest BCUT2D eigenvalue weighted by Crippen LogP contribution is 2.34. The average Bonchev–Trinajstić information content (AvgIpc) is 2.42. The van der Waals surface area contributed by atoms with Gasteiger partial charge in [-0.05, 0) is 18.1 Å². The number of nitrogens with zero attached hydrogens (tertiary/aromatic N) is 1. The lowest BCUT2D eigenvalue weighted by Gasteiger charge is -2.33. The van der Waals surface area contributed by atoms with E-state index in [9.17, 15) is 13.2 Å². The molecule has 0 saturated carbocycles. The molecule has 1 aromatic rings. The van der Waals surface area contributed by atoms with Crippen LogP contribution in [0.4, 0.5) is 5.69 Å². The largest absolute Gasteiger partial charge is 0.476 e. The first-order valence-electron chi connectivity index (χ1n) is 6.80. The molecule has 7 heteroatoms. The van der Waals surface area contributed by atoms with Gasteiger partial charge in [0.15, 0.2) is 6.10 Å². The Labute approximate surface area is 125 Å². The number of ether oxygens (including phenoxy) is 1. The number of carbonyl (C=O) groups excluding carboxylic acids is 1. The number of hydrogen-bond acceptors (Lipinski definition) is 4. The highest BCUT2D eigenvalue weighted by Gasteiger charge is 2.34. The van der Waals surface area contributed by atoms with Gasteiger partial charge in [-0.15, -0.1) is 0 Å². The van der Waals surface area contributed by atoms with Crippen molar-refractivity contribution < 1.29 is 17.9 Å². The van der Waals surface area contributed by atoms with Gasteiger partial charge in [0.2, 0.25) is 10.0 Å². The Bertz CT molecular complexity index is 628. The SMILES string of the molecule is CC(C)CNC(=O)C1CN(S(C)(=O)=O)c2ccccc2O1. The third kappa shape index (κ3) is 3.66. The van der Waals surface area contributed by atoms with Crippen LogP contribution in [0.15, 0.2) is 24.3 Å². The summed E-state index contributed by atoms with van der Waals surface area (Å²) in [7, 11) is -3.46. The second kappa shape index (κ2) is 5.93. The molecule has 1 N–H and O–H groups in total. The highest BCUT2D eigenvalue weighted by molar-refractivity contribution is 7.92. The van der Waals surface area contributed by atoms with Gasteiger partial charge in [0.1, 0.15) is 5.75 Å². The number of para-hydroxylation sites is 2. The molecule has 1 atom stereocenters. The average molecular weight is 312 g/mol. The van der Waals surface area contributed by atoms with Crippen LogP contribution in [-0.4, -0.2) is 39.8 Å². The quantitative estimate of drug-likeness (QED) is 0.899. The molecule has 0 saturated heterocycles. The Morgan fingerprint density at radius 2 is 2.10 bits per heavy atom. The Hall–Kier alpha value is -1.76. The van der Waals surface area contributed by atoms with Gasteiger partial charge in [0.25, 0.3) is 5.91 Å². The van der Waals surface area contributed by atoms with Crippen molar-refractivity contribution in [1.82, 2.24) is 5.32 Å². The van der Waals surface area contributed by atoms with E-state index in [-0.39, 0.29) is 12.5 Å². The second-order valence-corrected chi connectivity index (χ2v) is 7.41. The number of carbonyl (C=O) groups is 1. The van der Waals surface area contributed by atoms with E-state index in [0.717, 1.165) is 6.26 Å². The van der Waals surface area contributed by atoms with E-state index < -0.39 is 16.1 Å². The summed E-state index contributed by atoms with van der Waals surface area (Å²) in [6, 6.07) is 6.81. The van der Waals surface area contributed by atoms with Crippen molar-refractivity contribution in [1.29, 1.82) is 0 Å². The Morgan fingerprint density at radius 3 is 2.71 bits per heavy atom. The van der Waals surface area contributed by atoms with Gasteiger partial charge in [-0.2, -0.15) is 0 Å². The van der Waals surface area contributed by atoms with Crippen molar-refractivity contribution in [2.24, 2.45) is 5.92 Å². The molecule has 1 aliphatic rings. The van der Waals surface area contributed by atoms with Gasteiger partial charge in [-0.25, -0.2) is 8.42 Å². The van der Waals surface area contributed by atoms with Crippen LogP contribution in [0.2, 0.25) is 0 Å². The molecule has 1 unspecified atom stereocenters. The molecule has 1 amide bonds. The number of amides is 1. The Morgan fingerprint density at radius 1 is 1.43 bits per heavy atom. The predicted molar refractivity (Wildman–Crippen MR) is 80.9 cm³/mol. The number of hydrogen-bond donors (Lipinski definition) is 1. The van der Waals surface area contributed by atoms with Crippen molar-refractivity contribution in [3.63, 3.8) is 0 Å². The maximum absolute atomic E-state index is 12.1. The zero-order valence-electron chi connectivity index (χ0n) is 12.4. The minimum Gasteiger partial charge on any atom is -0.476 e. The first-order valence-corrected chi connectivity index (χ1v) is 8.65. The molecular formula is C14H20N2O4S. The van der Waals surface area contributed by atoms with E-state index in [1.54, 1.807) is 24.3 Å². The lowest BCUT2D eigenvalue weighted by molar-refractivity contribution is -0.127.